The van der Waals surface area contributed by atoms with E-state index in [0.29, 0.717) is 30.9 Å². The molecule has 1 aliphatic heterocycles. The first kappa shape index (κ1) is 29.5. The van der Waals surface area contributed by atoms with E-state index < -0.39 is 33.1 Å². The number of hydrogen-bond acceptors (Lipinski definition) is 7. The number of H-pyrrole nitrogens is 1. The van der Waals surface area contributed by atoms with Crippen LogP contribution in [0.3, 0.4) is 0 Å². The van der Waals surface area contributed by atoms with Crippen LogP contribution in [0.1, 0.15) is 43.6 Å². The third-order valence-corrected chi connectivity index (χ3v) is 9.28. The third kappa shape index (κ3) is 5.72. The molecular formula is C28H31ClFN7O4S. The van der Waals surface area contributed by atoms with E-state index in [4.69, 9.17) is 11.6 Å². The molecule has 3 N–H and O–H groups in total. The van der Waals surface area contributed by atoms with Crippen LogP contribution in [0.25, 0.3) is 11.2 Å². The van der Waals surface area contributed by atoms with Crippen molar-refractivity contribution in [1.82, 2.24) is 29.5 Å². The second kappa shape index (κ2) is 11.7. The van der Waals surface area contributed by atoms with E-state index in [1.165, 1.54) is 15.6 Å². The highest BCUT2D eigenvalue weighted by Crippen LogP contribution is 2.28. The average Bonchev–Trinajstić information content (AvgIpc) is 3.48. The Kier molecular flexibility index (Phi) is 8.26. The standard InChI is InChI=1S/C28H31ClFN7O4S/c1-4-5-14-36-26-23(27(38)37(28(36)39)16-19-8-6-7-9-21(19)30)31-22(32-26)15-18-10-12-20(13-11-18)34-42(40,41)24-17(2)33-35(3)25(24)29/h6-13,17,33-34H,4-5,14-16H2,1-3H3,(H,31,32). The van der Waals surface area contributed by atoms with Crippen molar-refractivity contribution in [3.8, 4) is 0 Å². The quantitative estimate of drug-likeness (QED) is 0.233. The Balaban J connectivity index is 1.43. The van der Waals surface area contributed by atoms with Crippen LogP contribution in [0, 0.1) is 5.82 Å². The Morgan fingerprint density at radius 1 is 1.10 bits per heavy atom. The van der Waals surface area contributed by atoms with Gasteiger partial charge in [-0.15, -0.1) is 0 Å². The fourth-order valence-electron chi connectivity index (χ4n) is 4.94. The Morgan fingerprint density at radius 2 is 1.81 bits per heavy atom. The number of nitrogens with one attached hydrogen (secondary N) is 3. The molecule has 42 heavy (non-hydrogen) atoms. The highest BCUT2D eigenvalue weighted by atomic mass is 35.5. The van der Waals surface area contributed by atoms with Crippen LogP contribution in [0.2, 0.25) is 0 Å². The molecule has 0 aliphatic carbocycles. The van der Waals surface area contributed by atoms with Crippen LogP contribution in [0.5, 0.6) is 0 Å². The molecular weight excluding hydrogens is 585 g/mol. The summed E-state index contributed by atoms with van der Waals surface area (Å²) in [6.45, 7) is 3.85. The summed E-state index contributed by atoms with van der Waals surface area (Å²) >= 11 is 6.19. The number of aromatic nitrogens is 4. The molecule has 0 bridgehead atoms. The zero-order valence-electron chi connectivity index (χ0n) is 23.3. The molecule has 0 spiro atoms. The lowest BCUT2D eigenvalue weighted by molar-refractivity contribution is 0.330. The van der Waals surface area contributed by atoms with Crippen molar-refractivity contribution in [1.29, 1.82) is 0 Å². The molecule has 1 aliphatic rings. The number of hydrogen-bond donors (Lipinski definition) is 3. The average molecular weight is 616 g/mol. The number of benzene rings is 2. The number of aryl methyl sites for hydroxylation is 1. The predicted octanol–water partition coefficient (Wildman–Crippen LogP) is 3.45. The fourth-order valence-corrected chi connectivity index (χ4v) is 6.89. The van der Waals surface area contributed by atoms with Crippen molar-refractivity contribution in [2.75, 3.05) is 11.8 Å². The maximum Gasteiger partial charge on any atom is 0.333 e. The van der Waals surface area contributed by atoms with Crippen molar-refractivity contribution in [3.05, 3.63) is 102 Å². The first-order valence-electron chi connectivity index (χ1n) is 13.5. The van der Waals surface area contributed by atoms with Crippen molar-refractivity contribution < 1.29 is 12.8 Å². The summed E-state index contributed by atoms with van der Waals surface area (Å²) in [7, 11) is -2.27. The number of imidazole rings is 1. The number of nitrogens with zero attached hydrogens (tertiary/aromatic N) is 4. The number of unbranched alkanes of at least 4 members (excludes halogenated alkanes) is 1. The molecule has 2 aromatic carbocycles. The lowest BCUT2D eigenvalue weighted by atomic mass is 10.1. The molecule has 14 heteroatoms. The first-order valence-corrected chi connectivity index (χ1v) is 15.3. The highest BCUT2D eigenvalue weighted by Gasteiger charge is 2.34. The predicted molar refractivity (Wildman–Crippen MR) is 160 cm³/mol. The summed E-state index contributed by atoms with van der Waals surface area (Å²) in [4.78, 5) is 34.4. The van der Waals surface area contributed by atoms with Crippen LogP contribution in [0.4, 0.5) is 10.1 Å². The SMILES string of the molecule is CCCCn1c(=O)n(Cc2ccccc2F)c(=O)c2[nH]c(Cc3ccc(NS(=O)(=O)C4=C(Cl)N(C)NC4C)cc3)nc21. The second-order valence-electron chi connectivity index (χ2n) is 10.2. The number of anilines is 1. The monoisotopic (exact) mass is 615 g/mol. The molecule has 0 saturated heterocycles. The van der Waals surface area contributed by atoms with E-state index in [1.54, 1.807) is 56.4 Å². The van der Waals surface area contributed by atoms with Crippen LogP contribution < -0.4 is 21.4 Å². The van der Waals surface area contributed by atoms with Crippen LogP contribution >= 0.6 is 11.6 Å². The van der Waals surface area contributed by atoms with Crippen LogP contribution in [-0.4, -0.2) is 45.6 Å². The molecule has 4 aromatic rings. The molecule has 2 aromatic heterocycles. The number of rotatable bonds is 10. The Bertz CT molecular complexity index is 1900. The van der Waals surface area contributed by atoms with Gasteiger partial charge in [-0.3, -0.25) is 23.7 Å². The zero-order valence-corrected chi connectivity index (χ0v) is 24.9. The normalized spacial score (nSPS) is 15.6. The van der Waals surface area contributed by atoms with Gasteiger partial charge in [-0.05, 0) is 37.1 Å². The minimum absolute atomic E-state index is 0.0489. The minimum Gasteiger partial charge on any atom is -0.336 e. The number of hydrazine groups is 1. The number of halogens is 2. The number of sulfonamides is 1. The molecule has 11 nitrogen and oxygen atoms in total. The first-order chi connectivity index (χ1) is 20.0. The second-order valence-corrected chi connectivity index (χ2v) is 12.2. The summed E-state index contributed by atoms with van der Waals surface area (Å²) in [6.07, 6.45) is 1.81. The molecule has 0 amide bonds. The lowest BCUT2D eigenvalue weighted by Gasteiger charge is -2.13. The van der Waals surface area contributed by atoms with E-state index in [-0.39, 0.29) is 33.3 Å². The highest BCUT2D eigenvalue weighted by molar-refractivity contribution is 7.96. The smallest absolute Gasteiger partial charge is 0.333 e. The van der Waals surface area contributed by atoms with Gasteiger partial charge in [0.05, 0.1) is 12.6 Å². The van der Waals surface area contributed by atoms with Gasteiger partial charge in [0.25, 0.3) is 15.6 Å². The van der Waals surface area contributed by atoms with E-state index in [1.807, 2.05) is 6.92 Å². The summed E-state index contributed by atoms with van der Waals surface area (Å²) in [5, 5.41) is 1.55. The van der Waals surface area contributed by atoms with Crippen molar-refractivity contribution >= 4 is 38.5 Å². The van der Waals surface area contributed by atoms with Gasteiger partial charge >= 0.3 is 5.69 Å². The number of aromatic amines is 1. The Hall–Kier alpha value is -3.94. The van der Waals surface area contributed by atoms with Gasteiger partial charge in [0.1, 0.15) is 27.2 Å². The molecule has 1 atom stereocenters. The van der Waals surface area contributed by atoms with Gasteiger partial charge in [0.2, 0.25) is 0 Å². The van der Waals surface area contributed by atoms with Gasteiger partial charge in [0, 0.05) is 31.3 Å². The molecule has 222 valence electrons. The fraction of sp³-hybridized carbons (Fsp3) is 0.321. The van der Waals surface area contributed by atoms with Crippen LogP contribution in [-0.2, 0) is 29.5 Å². The van der Waals surface area contributed by atoms with Gasteiger partial charge in [-0.2, -0.15) is 0 Å². The zero-order chi connectivity index (χ0) is 30.2. The molecule has 5 rings (SSSR count). The summed E-state index contributed by atoms with van der Waals surface area (Å²) in [5.74, 6) is -0.0452. The van der Waals surface area contributed by atoms with Gasteiger partial charge in [0.15, 0.2) is 5.65 Å². The molecule has 0 radical (unpaired) electrons. The molecule has 1 unspecified atom stereocenters. The van der Waals surface area contributed by atoms with Gasteiger partial charge in [-0.25, -0.2) is 28.0 Å². The number of fused-ring (bicyclic) bond motifs is 1. The van der Waals surface area contributed by atoms with Crippen molar-refractivity contribution in [2.45, 2.75) is 52.2 Å². The van der Waals surface area contributed by atoms with Crippen molar-refractivity contribution in [3.63, 3.8) is 0 Å². The van der Waals surface area contributed by atoms with E-state index >= 15 is 0 Å². The van der Waals surface area contributed by atoms with Crippen molar-refractivity contribution in [2.24, 2.45) is 0 Å². The summed E-state index contributed by atoms with van der Waals surface area (Å²) in [6, 6.07) is 12.3. The van der Waals surface area contributed by atoms with Crippen LogP contribution in [0.15, 0.2) is 68.2 Å². The van der Waals surface area contributed by atoms with E-state index in [0.717, 1.165) is 16.6 Å². The summed E-state index contributed by atoms with van der Waals surface area (Å²) < 4.78 is 45.3. The maximum atomic E-state index is 14.4. The van der Waals surface area contributed by atoms with E-state index in [2.05, 4.69) is 20.1 Å². The van der Waals surface area contributed by atoms with E-state index in [9.17, 15) is 22.4 Å². The molecule has 0 saturated carbocycles. The van der Waals surface area contributed by atoms with Gasteiger partial charge in [-0.1, -0.05) is 55.3 Å². The minimum atomic E-state index is -3.90. The summed E-state index contributed by atoms with van der Waals surface area (Å²) in [5.41, 5.74) is 3.59. The Labute approximate surface area is 246 Å². The Morgan fingerprint density at radius 3 is 2.45 bits per heavy atom. The topological polar surface area (TPSA) is 134 Å². The molecule has 3 heterocycles. The molecule has 0 fully saturated rings. The maximum absolute atomic E-state index is 14.4. The van der Waals surface area contributed by atoms with Gasteiger partial charge < -0.3 is 4.98 Å². The largest absolute Gasteiger partial charge is 0.336 e. The third-order valence-electron chi connectivity index (χ3n) is 7.08. The lowest BCUT2D eigenvalue weighted by Crippen LogP contribution is -2.40.